The summed E-state index contributed by atoms with van der Waals surface area (Å²) in [6, 6.07) is -0.0607. The molecule has 1 spiro atoms. The third-order valence-corrected chi connectivity index (χ3v) is 4.88. The third kappa shape index (κ3) is 1.28. The van der Waals surface area contributed by atoms with Crippen molar-refractivity contribution in [3.8, 4) is 0 Å². The number of hydrogen-bond donors (Lipinski definition) is 3. The van der Waals surface area contributed by atoms with Crippen molar-refractivity contribution in [2.75, 3.05) is 6.54 Å². The normalized spacial score (nSPS) is 38.1. The van der Waals surface area contributed by atoms with Crippen LogP contribution in [0, 0.1) is 5.41 Å². The summed E-state index contributed by atoms with van der Waals surface area (Å²) in [5, 5.41) is 11.7. The summed E-state index contributed by atoms with van der Waals surface area (Å²) < 4.78 is 0. The van der Waals surface area contributed by atoms with Gasteiger partial charge in [-0.25, -0.2) is 4.99 Å². The summed E-state index contributed by atoms with van der Waals surface area (Å²) in [6.07, 6.45) is 3.52. The summed E-state index contributed by atoms with van der Waals surface area (Å²) >= 11 is 0. The molecule has 20 heavy (non-hydrogen) atoms. The molecule has 3 rings (SSSR count). The highest BCUT2D eigenvalue weighted by atomic mass is 16.5. The fourth-order valence-corrected chi connectivity index (χ4v) is 4.22. The molecule has 3 aliphatic heterocycles. The molecular weight excluding hydrogens is 256 g/mol. The van der Waals surface area contributed by atoms with Crippen molar-refractivity contribution in [2.45, 2.75) is 44.4 Å². The second kappa shape index (κ2) is 3.88. The van der Waals surface area contributed by atoms with E-state index in [1.807, 2.05) is 11.0 Å². The van der Waals surface area contributed by atoms with Crippen LogP contribution in [-0.2, 0) is 0 Å². The Balaban J connectivity index is 2.16. The van der Waals surface area contributed by atoms with Gasteiger partial charge in [0.2, 0.25) is 5.96 Å². The molecule has 3 unspecified atom stereocenters. The van der Waals surface area contributed by atoms with Gasteiger partial charge in [0.25, 0.3) is 0 Å². The summed E-state index contributed by atoms with van der Waals surface area (Å²) in [7, 11) is 0. The van der Waals surface area contributed by atoms with Gasteiger partial charge < -0.3 is 16.4 Å². The van der Waals surface area contributed by atoms with E-state index in [9.17, 15) is 5.21 Å². The maximum atomic E-state index is 10.6. The standard InChI is InChI=1S/C13H22N6O/c1-4-5-8-6-12(2,3)13-9(17-11(15)19(13)20)7-16-10(14)18(8)13/h4,8-9,20H,1,5-7H2,2-3H3,(H2,14,16)(H2,15,17). The highest BCUT2D eigenvalue weighted by molar-refractivity contribution is 5.86. The quantitative estimate of drug-likeness (QED) is 0.620. The molecule has 5 N–H and O–H groups in total. The summed E-state index contributed by atoms with van der Waals surface area (Å²) in [6.45, 7) is 8.50. The number of hydroxylamine groups is 2. The van der Waals surface area contributed by atoms with Gasteiger partial charge in [0.1, 0.15) is 6.04 Å². The van der Waals surface area contributed by atoms with Crippen LogP contribution in [0.1, 0.15) is 26.7 Å². The number of nitrogens with zero attached hydrogens (tertiary/aromatic N) is 4. The van der Waals surface area contributed by atoms with Crippen LogP contribution in [0.5, 0.6) is 0 Å². The minimum absolute atomic E-state index is 0.136. The molecule has 0 aliphatic carbocycles. The molecule has 3 atom stereocenters. The van der Waals surface area contributed by atoms with E-state index in [2.05, 4.69) is 30.4 Å². The minimum Gasteiger partial charge on any atom is -0.370 e. The fourth-order valence-electron chi connectivity index (χ4n) is 4.22. The van der Waals surface area contributed by atoms with Gasteiger partial charge >= 0.3 is 0 Å². The lowest BCUT2D eigenvalue weighted by Gasteiger charge is -2.52. The van der Waals surface area contributed by atoms with Crippen LogP contribution in [0.2, 0.25) is 0 Å². The van der Waals surface area contributed by atoms with Gasteiger partial charge in [0.05, 0.1) is 6.54 Å². The molecule has 0 aromatic carbocycles. The van der Waals surface area contributed by atoms with Crippen LogP contribution >= 0.6 is 0 Å². The molecule has 7 nitrogen and oxygen atoms in total. The van der Waals surface area contributed by atoms with Gasteiger partial charge in [-0.3, -0.25) is 10.2 Å². The summed E-state index contributed by atoms with van der Waals surface area (Å²) in [4.78, 5) is 10.7. The Kier molecular flexibility index (Phi) is 2.57. The lowest BCUT2D eigenvalue weighted by Crippen LogP contribution is -2.72. The van der Waals surface area contributed by atoms with Gasteiger partial charge in [0.15, 0.2) is 11.6 Å². The van der Waals surface area contributed by atoms with E-state index >= 15 is 0 Å². The summed E-state index contributed by atoms with van der Waals surface area (Å²) in [5.41, 5.74) is 11.0. The molecule has 0 bridgehead atoms. The van der Waals surface area contributed by atoms with Crippen molar-refractivity contribution < 1.29 is 5.21 Å². The molecule has 0 aromatic rings. The van der Waals surface area contributed by atoms with E-state index in [1.165, 1.54) is 0 Å². The van der Waals surface area contributed by atoms with E-state index in [0.717, 1.165) is 17.9 Å². The second-order valence-electron chi connectivity index (χ2n) is 6.38. The zero-order valence-corrected chi connectivity index (χ0v) is 12.0. The second-order valence-corrected chi connectivity index (χ2v) is 6.38. The van der Waals surface area contributed by atoms with Crippen LogP contribution in [0.25, 0.3) is 0 Å². The SMILES string of the molecule is C=CCC1CC(C)(C)C23C(CN=C(N)N12)N=C(N)N3O. The number of rotatable bonds is 2. The highest BCUT2D eigenvalue weighted by Crippen LogP contribution is 2.55. The van der Waals surface area contributed by atoms with Gasteiger partial charge in [-0.1, -0.05) is 19.9 Å². The van der Waals surface area contributed by atoms with Crippen LogP contribution in [0.15, 0.2) is 22.6 Å². The Morgan fingerprint density at radius 3 is 2.80 bits per heavy atom. The summed E-state index contributed by atoms with van der Waals surface area (Å²) in [5.74, 6) is 0.583. The largest absolute Gasteiger partial charge is 0.370 e. The molecule has 0 saturated carbocycles. The van der Waals surface area contributed by atoms with Gasteiger partial charge in [-0.15, -0.1) is 6.58 Å². The smallest absolute Gasteiger partial charge is 0.218 e. The van der Waals surface area contributed by atoms with Crippen LogP contribution in [-0.4, -0.2) is 51.4 Å². The topological polar surface area (TPSA) is 103 Å². The average molecular weight is 278 g/mol. The van der Waals surface area contributed by atoms with E-state index < -0.39 is 5.66 Å². The minimum atomic E-state index is -0.739. The predicted octanol–water partition coefficient (Wildman–Crippen LogP) is 0.0757. The maximum Gasteiger partial charge on any atom is 0.218 e. The van der Waals surface area contributed by atoms with Crippen molar-refractivity contribution in [1.29, 1.82) is 0 Å². The van der Waals surface area contributed by atoms with Crippen molar-refractivity contribution in [2.24, 2.45) is 26.9 Å². The van der Waals surface area contributed by atoms with Crippen molar-refractivity contribution in [1.82, 2.24) is 9.96 Å². The predicted molar refractivity (Wildman–Crippen MR) is 77.1 cm³/mol. The lowest BCUT2D eigenvalue weighted by atomic mass is 9.74. The van der Waals surface area contributed by atoms with E-state index in [4.69, 9.17) is 11.5 Å². The van der Waals surface area contributed by atoms with Crippen LogP contribution < -0.4 is 11.5 Å². The fraction of sp³-hybridized carbons (Fsp3) is 0.692. The van der Waals surface area contributed by atoms with Crippen molar-refractivity contribution in [3.63, 3.8) is 0 Å². The number of aliphatic imine (C=N–C) groups is 2. The van der Waals surface area contributed by atoms with Crippen molar-refractivity contribution >= 4 is 11.9 Å². The number of hydrogen-bond acceptors (Lipinski definition) is 7. The van der Waals surface area contributed by atoms with E-state index in [-0.39, 0.29) is 23.5 Å². The Hall–Kier alpha value is -1.76. The molecule has 1 saturated heterocycles. The zero-order valence-electron chi connectivity index (χ0n) is 12.0. The first kappa shape index (κ1) is 13.2. The maximum absolute atomic E-state index is 10.6. The first-order valence-electron chi connectivity index (χ1n) is 6.89. The Bertz CT molecular complexity index is 513. The Morgan fingerprint density at radius 2 is 2.15 bits per heavy atom. The molecule has 1 fully saturated rings. The zero-order chi connectivity index (χ0) is 14.7. The molecule has 110 valence electrons. The highest BCUT2D eigenvalue weighted by Gasteiger charge is 2.70. The van der Waals surface area contributed by atoms with Gasteiger partial charge in [-0.05, 0) is 12.8 Å². The molecule has 7 heteroatoms. The molecule has 0 amide bonds. The van der Waals surface area contributed by atoms with Gasteiger partial charge in [-0.2, -0.15) is 5.06 Å². The molecular formula is C13H22N6O. The lowest BCUT2D eigenvalue weighted by molar-refractivity contribution is -0.187. The number of guanidine groups is 2. The molecule has 3 heterocycles. The third-order valence-electron chi connectivity index (χ3n) is 4.88. The van der Waals surface area contributed by atoms with E-state index in [0.29, 0.717) is 12.5 Å². The Labute approximate surface area is 118 Å². The molecule has 0 aromatic heterocycles. The monoisotopic (exact) mass is 278 g/mol. The van der Waals surface area contributed by atoms with Crippen LogP contribution in [0.4, 0.5) is 0 Å². The van der Waals surface area contributed by atoms with Crippen molar-refractivity contribution in [3.05, 3.63) is 12.7 Å². The van der Waals surface area contributed by atoms with Crippen LogP contribution in [0.3, 0.4) is 0 Å². The molecule has 3 aliphatic rings. The Morgan fingerprint density at radius 1 is 1.45 bits per heavy atom. The van der Waals surface area contributed by atoms with Gasteiger partial charge in [0, 0.05) is 11.5 Å². The van der Waals surface area contributed by atoms with E-state index in [1.54, 1.807) is 0 Å². The first-order chi connectivity index (χ1) is 9.36. The molecule has 0 radical (unpaired) electrons. The number of nitrogens with two attached hydrogens (primary N) is 2. The average Bonchev–Trinajstić information content (AvgIpc) is 2.76. The first-order valence-corrected chi connectivity index (χ1v) is 6.89.